The molecule has 0 fully saturated rings. The molecule has 6 heteroatoms. The van der Waals surface area contributed by atoms with Crippen LogP contribution in [-0.4, -0.2) is 10.2 Å². The summed E-state index contributed by atoms with van der Waals surface area (Å²) in [5, 5.41) is 22.8. The van der Waals surface area contributed by atoms with E-state index in [1.165, 1.54) is 163 Å². The van der Waals surface area contributed by atoms with Crippen molar-refractivity contribution < 1.29 is 10.2 Å². The molecular weight excluding hydrogens is 760 g/mol. The number of aliphatic hydroxyl groups excluding tert-OH is 2. The quantitative estimate of drug-likeness (QED) is 0.0721. The first-order valence-corrected chi connectivity index (χ1v) is 23.9. The van der Waals surface area contributed by atoms with Gasteiger partial charge in [0.25, 0.3) is 0 Å². The second-order valence-corrected chi connectivity index (χ2v) is 18.6. The Bertz CT molecular complexity index is 968. The van der Waals surface area contributed by atoms with E-state index in [0.29, 0.717) is 0 Å². The predicted molar refractivity (Wildman–Crippen MR) is 224 cm³/mol. The maximum atomic E-state index is 11.4. The summed E-state index contributed by atoms with van der Waals surface area (Å²) in [7, 11) is 0. The molecule has 4 unspecified atom stereocenters. The van der Waals surface area contributed by atoms with Gasteiger partial charge in [-0.15, -0.1) is 22.7 Å². The van der Waals surface area contributed by atoms with Crippen LogP contribution in [0, 0.1) is 11.8 Å². The van der Waals surface area contributed by atoms with Crippen LogP contribution in [0.25, 0.3) is 9.40 Å². The summed E-state index contributed by atoms with van der Waals surface area (Å²) in [5.74, 6) is 1.46. The Morgan fingerprint density at radius 3 is 0.979 bits per heavy atom. The molecule has 0 saturated heterocycles. The van der Waals surface area contributed by atoms with Crippen LogP contribution >= 0.6 is 54.5 Å². The van der Waals surface area contributed by atoms with E-state index in [2.05, 4.69) is 59.6 Å². The van der Waals surface area contributed by atoms with Crippen LogP contribution in [0.15, 0.2) is 8.95 Å². The minimum absolute atomic E-state index is 0.428. The van der Waals surface area contributed by atoms with Crippen LogP contribution in [0.2, 0.25) is 0 Å². The van der Waals surface area contributed by atoms with Crippen LogP contribution in [0.3, 0.4) is 0 Å². The highest BCUT2D eigenvalue weighted by atomic mass is 79.9. The van der Waals surface area contributed by atoms with Gasteiger partial charge in [-0.1, -0.05) is 182 Å². The van der Waals surface area contributed by atoms with Crippen molar-refractivity contribution in [2.75, 3.05) is 0 Å². The molecule has 0 aromatic carbocycles. The topological polar surface area (TPSA) is 40.5 Å². The van der Waals surface area contributed by atoms with Crippen molar-refractivity contribution >= 4 is 63.9 Å². The molecule has 2 rings (SSSR count). The second-order valence-electron chi connectivity index (χ2n) is 14.9. The summed E-state index contributed by atoms with van der Waals surface area (Å²) in [6.45, 7) is 9.16. The van der Waals surface area contributed by atoms with Gasteiger partial charge < -0.3 is 10.2 Å². The largest absolute Gasteiger partial charge is 0.388 e. The number of halogens is 2. The van der Waals surface area contributed by atoms with Crippen LogP contribution in [0.1, 0.15) is 229 Å². The molecule has 48 heavy (non-hydrogen) atoms. The third-order valence-corrected chi connectivity index (χ3v) is 16.1. The van der Waals surface area contributed by atoms with Gasteiger partial charge in [0, 0.05) is 9.75 Å². The minimum atomic E-state index is -0.428. The van der Waals surface area contributed by atoms with Crippen molar-refractivity contribution in [2.45, 2.75) is 220 Å². The molecule has 0 aliphatic carbocycles. The molecule has 0 bridgehead atoms. The maximum Gasteiger partial charge on any atom is 0.0894 e. The number of thiophene rings is 2. The fraction of sp³-hybridized carbons (Fsp3) is 0.857. The first kappa shape index (κ1) is 44.7. The van der Waals surface area contributed by atoms with Gasteiger partial charge in [-0.3, -0.25) is 0 Å². The summed E-state index contributed by atoms with van der Waals surface area (Å²) in [5.41, 5.74) is 0. The Kier molecular flexibility index (Phi) is 26.2. The smallest absolute Gasteiger partial charge is 0.0894 e. The standard InChI is InChI=1S/C42H74Br2O2S2/c1-5-9-13-17-19-23-27-33(25-21-15-11-7-3)29-31-35(45)39-37(43)41-42(47-39)38(44)40(48-41)36(46)32-30-34(26-22-16-12-8-4)28-24-20-18-14-10-6-2/h33-36,45-46H,5-32H2,1-4H3. The molecule has 0 radical (unpaired) electrons. The van der Waals surface area contributed by atoms with Crippen molar-refractivity contribution in [1.82, 2.24) is 0 Å². The Labute approximate surface area is 322 Å². The van der Waals surface area contributed by atoms with E-state index in [0.717, 1.165) is 56.2 Å². The summed E-state index contributed by atoms with van der Waals surface area (Å²) < 4.78 is 4.46. The lowest BCUT2D eigenvalue weighted by Crippen LogP contribution is -2.05. The Hall–Kier alpha value is 0.540. The van der Waals surface area contributed by atoms with E-state index in [4.69, 9.17) is 0 Å². The molecule has 0 saturated carbocycles. The molecule has 0 aliphatic rings. The third-order valence-electron chi connectivity index (χ3n) is 10.6. The maximum absolute atomic E-state index is 11.4. The first-order chi connectivity index (χ1) is 23.4. The third kappa shape index (κ3) is 17.4. The number of aliphatic hydroxyl groups is 2. The van der Waals surface area contributed by atoms with Crippen LogP contribution in [-0.2, 0) is 0 Å². The monoisotopic (exact) mass is 832 g/mol. The van der Waals surface area contributed by atoms with Crippen molar-refractivity contribution in [3.8, 4) is 0 Å². The zero-order chi connectivity index (χ0) is 35.0. The number of rotatable bonds is 32. The molecule has 0 spiro atoms. The molecule has 2 heterocycles. The predicted octanol–water partition coefficient (Wildman–Crippen LogP) is 16.8. The van der Waals surface area contributed by atoms with Crippen molar-refractivity contribution in [2.24, 2.45) is 11.8 Å². The fourth-order valence-electron chi connectivity index (χ4n) is 7.41. The second kappa shape index (κ2) is 28.1. The summed E-state index contributed by atoms with van der Waals surface area (Å²) >= 11 is 11.2. The van der Waals surface area contributed by atoms with Gasteiger partial charge in [0.15, 0.2) is 0 Å². The number of unbranched alkanes of at least 4 members (excludes halogenated alkanes) is 16. The van der Waals surface area contributed by atoms with E-state index in [1.54, 1.807) is 22.7 Å². The average Bonchev–Trinajstić information content (AvgIpc) is 3.59. The average molecular weight is 835 g/mol. The van der Waals surface area contributed by atoms with Gasteiger partial charge in [-0.05, 0) is 69.4 Å². The molecule has 4 atom stereocenters. The SMILES string of the molecule is CCCCCCCCC(CCCCCC)CCC(O)c1sc2c(Br)c(C(O)CCC(CCCCCC)CCCCCCCC)sc2c1Br. The molecule has 2 aromatic heterocycles. The van der Waals surface area contributed by atoms with Gasteiger partial charge >= 0.3 is 0 Å². The molecule has 280 valence electrons. The van der Waals surface area contributed by atoms with E-state index < -0.39 is 12.2 Å². The van der Waals surface area contributed by atoms with E-state index >= 15 is 0 Å². The summed E-state index contributed by atoms with van der Waals surface area (Å²) in [6, 6.07) is 0. The molecule has 2 aromatic rings. The molecule has 2 N–H and O–H groups in total. The Morgan fingerprint density at radius 1 is 0.396 bits per heavy atom. The summed E-state index contributed by atoms with van der Waals surface area (Å²) in [6.07, 6.45) is 35.2. The van der Waals surface area contributed by atoms with E-state index in [-0.39, 0.29) is 0 Å². The van der Waals surface area contributed by atoms with E-state index in [9.17, 15) is 10.2 Å². The number of hydrogen-bond donors (Lipinski definition) is 2. The van der Waals surface area contributed by atoms with Crippen molar-refractivity contribution in [3.05, 3.63) is 18.7 Å². The Morgan fingerprint density at radius 2 is 0.667 bits per heavy atom. The van der Waals surface area contributed by atoms with Crippen LogP contribution in [0.4, 0.5) is 0 Å². The lowest BCUT2D eigenvalue weighted by atomic mass is 9.89. The highest BCUT2D eigenvalue weighted by Gasteiger charge is 2.26. The van der Waals surface area contributed by atoms with Gasteiger partial charge in [0.05, 0.1) is 30.6 Å². The molecular formula is C42H74Br2O2S2. The van der Waals surface area contributed by atoms with Gasteiger partial charge in [-0.25, -0.2) is 0 Å². The minimum Gasteiger partial charge on any atom is -0.388 e. The van der Waals surface area contributed by atoms with Gasteiger partial charge in [0.2, 0.25) is 0 Å². The highest BCUT2D eigenvalue weighted by molar-refractivity contribution is 9.11. The number of hydrogen-bond acceptors (Lipinski definition) is 4. The number of fused-ring (bicyclic) bond motifs is 1. The van der Waals surface area contributed by atoms with E-state index in [1.807, 2.05) is 0 Å². The van der Waals surface area contributed by atoms with Crippen LogP contribution < -0.4 is 0 Å². The zero-order valence-electron chi connectivity index (χ0n) is 31.6. The van der Waals surface area contributed by atoms with Crippen molar-refractivity contribution in [3.63, 3.8) is 0 Å². The Balaban J connectivity index is 1.97. The van der Waals surface area contributed by atoms with Gasteiger partial charge in [0.1, 0.15) is 0 Å². The molecule has 2 nitrogen and oxygen atoms in total. The summed E-state index contributed by atoms with van der Waals surface area (Å²) in [4.78, 5) is 2.13. The molecule has 0 aliphatic heterocycles. The van der Waals surface area contributed by atoms with Crippen molar-refractivity contribution in [1.29, 1.82) is 0 Å². The van der Waals surface area contributed by atoms with Gasteiger partial charge in [-0.2, -0.15) is 0 Å². The van der Waals surface area contributed by atoms with Crippen LogP contribution in [0.5, 0.6) is 0 Å². The lowest BCUT2D eigenvalue weighted by Gasteiger charge is -2.19. The fourth-order valence-corrected chi connectivity index (χ4v) is 12.1. The molecule has 0 amide bonds. The lowest BCUT2D eigenvalue weighted by molar-refractivity contribution is 0.156. The normalized spacial score (nSPS) is 14.6. The zero-order valence-corrected chi connectivity index (χ0v) is 36.4. The first-order valence-electron chi connectivity index (χ1n) is 20.6. The highest BCUT2D eigenvalue weighted by Crippen LogP contribution is 2.51.